The second kappa shape index (κ2) is 9.16. The van der Waals surface area contributed by atoms with Crippen molar-refractivity contribution < 1.29 is 27.6 Å². The molecule has 2 rings (SSSR count). The molecule has 0 radical (unpaired) electrons. The predicted molar refractivity (Wildman–Crippen MR) is 101 cm³/mol. The van der Waals surface area contributed by atoms with E-state index in [1.54, 1.807) is 6.92 Å². The Morgan fingerprint density at radius 2 is 2.07 bits per heavy atom. The van der Waals surface area contributed by atoms with Gasteiger partial charge in [-0.2, -0.15) is 0 Å². The van der Waals surface area contributed by atoms with Crippen LogP contribution in [-0.2, 0) is 39.4 Å². The van der Waals surface area contributed by atoms with E-state index in [1.165, 1.54) is 13.3 Å². The van der Waals surface area contributed by atoms with Gasteiger partial charge < -0.3 is 23.0 Å². The minimum Gasteiger partial charge on any atom is -0.338 e. The second-order valence-corrected chi connectivity index (χ2v) is 11.0. The number of nitrogens with one attached hydrogen (secondary N) is 1. The Kier molecular flexibility index (Phi) is 7.59. The maximum absolute atomic E-state index is 12.1. The molecule has 1 saturated heterocycles. The quantitative estimate of drug-likeness (QED) is 0.396. The molecule has 1 aliphatic heterocycles. The van der Waals surface area contributed by atoms with E-state index in [0.29, 0.717) is 0 Å². The molecule has 0 saturated carbocycles. The van der Waals surface area contributed by atoms with E-state index in [4.69, 9.17) is 35.8 Å². The van der Waals surface area contributed by atoms with Crippen LogP contribution in [0, 0.1) is 10.8 Å². The van der Waals surface area contributed by atoms with Crippen LogP contribution < -0.4 is 16.8 Å². The lowest BCUT2D eigenvalue weighted by Crippen LogP contribution is -2.34. The lowest BCUT2D eigenvalue weighted by molar-refractivity contribution is -0.164. The van der Waals surface area contributed by atoms with Gasteiger partial charge >= 0.3 is 13.2 Å². The summed E-state index contributed by atoms with van der Waals surface area (Å²) in [4.78, 5) is 38.7. The monoisotopic (exact) mass is 458 g/mol. The van der Waals surface area contributed by atoms with Gasteiger partial charge in [-0.25, -0.2) is 4.79 Å². The zero-order valence-electron chi connectivity index (χ0n) is 15.1. The highest BCUT2D eigenvalue weighted by Gasteiger charge is 2.47. The van der Waals surface area contributed by atoms with Gasteiger partial charge in [0.05, 0.1) is 0 Å². The first kappa shape index (κ1) is 23.2. The molecule has 1 aromatic rings. The van der Waals surface area contributed by atoms with Gasteiger partial charge in [0.25, 0.3) is 12.2 Å². The number of nitrogens with two attached hydrogens (primary N) is 1. The normalized spacial score (nSPS) is 29.1. The summed E-state index contributed by atoms with van der Waals surface area (Å²) in [6, 6.07) is 1.14. The Balaban J connectivity index is 2.33. The van der Waals surface area contributed by atoms with Gasteiger partial charge in [-0.3, -0.25) is 24.4 Å². The molecule has 0 aromatic carbocycles. The van der Waals surface area contributed by atoms with Crippen molar-refractivity contribution in [3.8, 4) is 0 Å². The summed E-state index contributed by atoms with van der Waals surface area (Å²) in [5, 5.41) is 0. The van der Waals surface area contributed by atoms with Gasteiger partial charge in [0.2, 0.25) is 0 Å². The minimum absolute atomic E-state index is 0.569. The molecule has 28 heavy (non-hydrogen) atoms. The van der Waals surface area contributed by atoms with E-state index < -0.39 is 56.3 Å². The van der Waals surface area contributed by atoms with Crippen LogP contribution in [0.25, 0.3) is 0 Å². The maximum Gasteiger partial charge on any atom is 0.377 e. The van der Waals surface area contributed by atoms with Crippen molar-refractivity contribution in [2.45, 2.75) is 25.5 Å². The van der Waals surface area contributed by atoms with Crippen LogP contribution >= 0.6 is 14.2 Å². The van der Waals surface area contributed by atoms with Crippen LogP contribution in [0.2, 0.25) is 0 Å². The highest BCUT2D eigenvalue weighted by molar-refractivity contribution is 8.08. The third-order valence-corrected chi connectivity index (χ3v) is 7.02. The number of nitroso groups, excluding NO2 is 1. The molecule has 1 aromatic heterocycles. The fraction of sp³-hybridized carbons (Fsp3) is 0.667. The Bertz CT molecular complexity index is 921. The summed E-state index contributed by atoms with van der Waals surface area (Å²) >= 11 is 5.06. The molecule has 0 amide bonds. The summed E-state index contributed by atoms with van der Waals surface area (Å²) in [5.41, 5.74) is 4.49. The van der Waals surface area contributed by atoms with Crippen LogP contribution in [0.4, 0.5) is 0 Å². The van der Waals surface area contributed by atoms with Crippen molar-refractivity contribution in [1.29, 1.82) is 0 Å². The number of H-pyrrole nitrogens is 1. The lowest BCUT2D eigenvalue weighted by atomic mass is 10.1. The highest BCUT2D eigenvalue weighted by Crippen LogP contribution is 2.50. The Hall–Kier alpha value is -1.08. The average molecular weight is 458 g/mol. The van der Waals surface area contributed by atoms with E-state index in [-0.39, 0.29) is 0 Å². The van der Waals surface area contributed by atoms with Crippen molar-refractivity contribution in [1.82, 2.24) is 9.55 Å². The fourth-order valence-electron chi connectivity index (χ4n) is 2.47. The van der Waals surface area contributed by atoms with Crippen LogP contribution in [-0.4, -0.2) is 42.5 Å². The molecule has 2 unspecified atom stereocenters. The van der Waals surface area contributed by atoms with Gasteiger partial charge in [0.1, 0.15) is 18.7 Å². The topological polar surface area (TPSA) is 174 Å². The van der Waals surface area contributed by atoms with Crippen molar-refractivity contribution in [3.63, 3.8) is 0 Å². The lowest BCUT2D eigenvalue weighted by Gasteiger charge is -2.26. The first-order chi connectivity index (χ1) is 13.1. The van der Waals surface area contributed by atoms with E-state index in [2.05, 4.69) is 14.5 Å². The van der Waals surface area contributed by atoms with Gasteiger partial charge in [-0.15, -0.1) is 4.91 Å². The molecular weight excluding hydrogens is 438 g/mol. The molecule has 158 valence electrons. The zero-order chi connectivity index (χ0) is 21.1. The molecule has 6 atom stereocenters. The number of aromatic nitrogens is 2. The highest BCUT2D eigenvalue weighted by atomic mass is 32.5. The largest absolute Gasteiger partial charge is 0.377 e. The molecule has 13 nitrogen and oxygen atoms in total. The zero-order valence-corrected chi connectivity index (χ0v) is 17.7. The molecule has 0 bridgehead atoms. The first-order valence-electron chi connectivity index (χ1n) is 7.77. The summed E-state index contributed by atoms with van der Waals surface area (Å²) in [5.74, 6) is -0.569. The van der Waals surface area contributed by atoms with E-state index in [1.807, 2.05) is 0 Å². The van der Waals surface area contributed by atoms with E-state index >= 15 is 0 Å². The van der Waals surface area contributed by atoms with Gasteiger partial charge in [-0.1, -0.05) is 6.92 Å². The van der Waals surface area contributed by atoms with Gasteiger partial charge in [-0.05, 0) is 11.8 Å². The SMILES string of the molecule is COP(=O)(CO[C@H]1O[C@@H](n2ccc(=O)[nH]c2=O)[C@H](C)[C@@H]1OP(N)(=S)OC)N=O. The summed E-state index contributed by atoms with van der Waals surface area (Å²) in [6.45, 7) is -1.51. The Morgan fingerprint density at radius 1 is 1.39 bits per heavy atom. The summed E-state index contributed by atoms with van der Waals surface area (Å²) < 4.78 is 39.4. The fourth-order valence-corrected chi connectivity index (χ4v) is 4.03. The molecule has 0 aliphatic carbocycles. The van der Waals surface area contributed by atoms with Crippen LogP contribution in [0.5, 0.6) is 0 Å². The van der Waals surface area contributed by atoms with E-state index in [9.17, 15) is 19.1 Å². The second-order valence-electron chi connectivity index (χ2n) is 5.76. The van der Waals surface area contributed by atoms with Crippen LogP contribution in [0.15, 0.2) is 26.8 Å². The van der Waals surface area contributed by atoms with Gasteiger partial charge in [0.15, 0.2) is 6.29 Å². The summed E-state index contributed by atoms with van der Waals surface area (Å²) in [7, 11) is -1.61. The smallest absolute Gasteiger partial charge is 0.338 e. The summed E-state index contributed by atoms with van der Waals surface area (Å²) in [6.07, 6.45) is -2.58. The number of aromatic amines is 1. The molecule has 3 N–H and O–H groups in total. The standard InChI is InChI=1S/C12H20N4O9P2S/c1-7-9(25-27(13,28)22-3)11(23-6-26(20,15-19)21-2)24-10(7)16-5-4-8(17)14-12(16)18/h4-5,7,9-11H,6H2,1-3H3,(H2,13,28)(H,14,17,18)/t7-,9+,10-,11+,26?,27?/m1/s1. The number of hydrogen-bond acceptors (Lipinski definition) is 10. The molecule has 0 spiro atoms. The van der Waals surface area contributed by atoms with E-state index in [0.717, 1.165) is 17.7 Å². The van der Waals surface area contributed by atoms with Crippen molar-refractivity contribution in [2.75, 3.05) is 20.6 Å². The Labute approximate surface area is 164 Å². The number of nitrogens with zero attached hydrogens (tertiary/aromatic N) is 2. The van der Waals surface area contributed by atoms with Crippen molar-refractivity contribution >= 4 is 26.0 Å². The molecule has 16 heteroatoms. The predicted octanol–water partition coefficient (Wildman–Crippen LogP) is 0.822. The first-order valence-corrected chi connectivity index (χ1v) is 12.2. The maximum atomic E-state index is 12.1. The number of rotatable bonds is 9. The molecule has 1 fully saturated rings. The number of ether oxygens (including phenoxy) is 2. The molecule has 2 heterocycles. The van der Waals surface area contributed by atoms with Crippen LogP contribution in [0.3, 0.4) is 0 Å². The van der Waals surface area contributed by atoms with Gasteiger partial charge in [0, 0.05) is 37.3 Å². The number of hydrogen-bond donors (Lipinski definition) is 2. The Morgan fingerprint density at radius 3 is 2.61 bits per heavy atom. The average Bonchev–Trinajstić information content (AvgIpc) is 2.95. The molecule has 1 aliphatic rings. The van der Waals surface area contributed by atoms with Crippen molar-refractivity contribution in [3.05, 3.63) is 38.0 Å². The third kappa shape index (κ3) is 5.29. The van der Waals surface area contributed by atoms with Crippen molar-refractivity contribution in [2.24, 2.45) is 16.4 Å². The minimum atomic E-state index is -3.93. The van der Waals surface area contributed by atoms with Crippen LogP contribution in [0.1, 0.15) is 13.2 Å². The molecular formula is C12H20N4O9P2S. The third-order valence-electron chi connectivity index (χ3n) is 3.97.